The minimum absolute atomic E-state index is 0.166. The van der Waals surface area contributed by atoms with E-state index in [-0.39, 0.29) is 5.92 Å². The SMILES string of the molecule is CC(C)c1cnn(-c2cccc(C(F)(F)F)c2)c1N. The third-order valence-electron chi connectivity index (χ3n) is 2.88. The van der Waals surface area contributed by atoms with E-state index < -0.39 is 11.7 Å². The molecule has 0 bridgehead atoms. The zero-order chi connectivity index (χ0) is 14.2. The highest BCUT2D eigenvalue weighted by molar-refractivity contribution is 5.49. The van der Waals surface area contributed by atoms with Gasteiger partial charge in [-0.2, -0.15) is 18.3 Å². The molecule has 1 aromatic heterocycles. The summed E-state index contributed by atoms with van der Waals surface area (Å²) in [6.45, 7) is 3.90. The molecule has 1 heterocycles. The van der Waals surface area contributed by atoms with Crippen LogP contribution in [0.5, 0.6) is 0 Å². The molecule has 0 unspecified atom stereocenters. The van der Waals surface area contributed by atoms with Crippen molar-refractivity contribution >= 4 is 5.82 Å². The quantitative estimate of drug-likeness (QED) is 0.905. The Morgan fingerprint density at radius 3 is 2.47 bits per heavy atom. The Labute approximate surface area is 108 Å². The number of nitrogen functional groups attached to an aromatic ring is 1. The van der Waals surface area contributed by atoms with E-state index in [1.54, 1.807) is 12.3 Å². The predicted molar refractivity (Wildman–Crippen MR) is 67.1 cm³/mol. The Morgan fingerprint density at radius 1 is 1.26 bits per heavy atom. The lowest BCUT2D eigenvalue weighted by Gasteiger charge is -2.10. The Kier molecular flexibility index (Phi) is 3.26. The van der Waals surface area contributed by atoms with Crippen LogP contribution in [0.1, 0.15) is 30.9 Å². The predicted octanol–water partition coefficient (Wildman–Crippen LogP) is 3.60. The number of hydrogen-bond acceptors (Lipinski definition) is 2. The summed E-state index contributed by atoms with van der Waals surface area (Å²) in [5.74, 6) is 0.536. The smallest absolute Gasteiger partial charge is 0.383 e. The Balaban J connectivity index is 2.48. The molecule has 0 saturated carbocycles. The number of rotatable bonds is 2. The molecule has 6 heteroatoms. The molecule has 0 radical (unpaired) electrons. The first-order valence-corrected chi connectivity index (χ1v) is 5.81. The lowest BCUT2D eigenvalue weighted by molar-refractivity contribution is -0.137. The van der Waals surface area contributed by atoms with Crippen LogP contribution >= 0.6 is 0 Å². The molecule has 19 heavy (non-hydrogen) atoms. The highest BCUT2D eigenvalue weighted by Crippen LogP contribution is 2.31. The van der Waals surface area contributed by atoms with Crippen molar-refractivity contribution in [3.05, 3.63) is 41.6 Å². The van der Waals surface area contributed by atoms with Crippen LogP contribution in [0.3, 0.4) is 0 Å². The summed E-state index contributed by atoms with van der Waals surface area (Å²) in [4.78, 5) is 0. The van der Waals surface area contributed by atoms with Gasteiger partial charge in [0.2, 0.25) is 0 Å². The molecule has 0 aliphatic carbocycles. The van der Waals surface area contributed by atoms with Crippen LogP contribution in [-0.2, 0) is 6.18 Å². The van der Waals surface area contributed by atoms with Crippen molar-refractivity contribution in [2.45, 2.75) is 25.9 Å². The van der Waals surface area contributed by atoms with Crippen LogP contribution in [0.2, 0.25) is 0 Å². The first kappa shape index (κ1) is 13.5. The van der Waals surface area contributed by atoms with Gasteiger partial charge >= 0.3 is 6.18 Å². The van der Waals surface area contributed by atoms with Gasteiger partial charge in [0.25, 0.3) is 0 Å². The molecular weight excluding hydrogens is 255 g/mol. The topological polar surface area (TPSA) is 43.8 Å². The van der Waals surface area contributed by atoms with Gasteiger partial charge in [-0.15, -0.1) is 0 Å². The van der Waals surface area contributed by atoms with Crippen molar-refractivity contribution < 1.29 is 13.2 Å². The van der Waals surface area contributed by atoms with Gasteiger partial charge in [-0.05, 0) is 24.1 Å². The van der Waals surface area contributed by atoms with Gasteiger partial charge in [0, 0.05) is 5.56 Å². The van der Waals surface area contributed by atoms with Gasteiger partial charge in [-0.1, -0.05) is 19.9 Å². The number of nitrogens with zero attached hydrogens (tertiary/aromatic N) is 2. The minimum Gasteiger partial charge on any atom is -0.383 e. The zero-order valence-electron chi connectivity index (χ0n) is 10.6. The summed E-state index contributed by atoms with van der Waals surface area (Å²) < 4.78 is 39.3. The molecule has 2 rings (SSSR count). The zero-order valence-corrected chi connectivity index (χ0v) is 10.6. The molecule has 0 aliphatic heterocycles. The minimum atomic E-state index is -4.38. The highest BCUT2D eigenvalue weighted by Gasteiger charge is 2.30. The summed E-state index contributed by atoms with van der Waals surface area (Å²) in [5, 5.41) is 4.05. The molecule has 1 aromatic carbocycles. The number of halogens is 3. The number of nitrogens with two attached hydrogens (primary N) is 1. The standard InChI is InChI=1S/C13H14F3N3/c1-8(2)11-7-18-19(12(11)17)10-5-3-4-9(6-10)13(14,15)16/h3-8H,17H2,1-2H3. The Hall–Kier alpha value is -1.98. The summed E-state index contributed by atoms with van der Waals surface area (Å²) in [5.41, 5.74) is 6.32. The van der Waals surface area contributed by atoms with Gasteiger partial charge in [-0.3, -0.25) is 0 Å². The maximum atomic E-state index is 12.7. The third kappa shape index (κ3) is 2.57. The van der Waals surface area contributed by atoms with Crippen molar-refractivity contribution in [1.29, 1.82) is 0 Å². The van der Waals surface area contributed by atoms with Crippen molar-refractivity contribution in [2.24, 2.45) is 0 Å². The highest BCUT2D eigenvalue weighted by atomic mass is 19.4. The Bertz CT molecular complexity index is 585. The van der Waals surface area contributed by atoms with Crippen molar-refractivity contribution in [1.82, 2.24) is 9.78 Å². The average molecular weight is 269 g/mol. The van der Waals surface area contributed by atoms with Crippen molar-refractivity contribution in [3.63, 3.8) is 0 Å². The number of hydrogen-bond donors (Lipinski definition) is 1. The molecule has 0 amide bonds. The molecule has 0 fully saturated rings. The summed E-state index contributed by atoms with van der Waals surface area (Å²) in [6.07, 6.45) is -2.79. The number of benzene rings is 1. The van der Waals surface area contributed by atoms with Crippen LogP contribution in [-0.4, -0.2) is 9.78 Å². The molecular formula is C13H14F3N3. The largest absolute Gasteiger partial charge is 0.416 e. The number of aromatic nitrogens is 2. The molecule has 2 N–H and O–H groups in total. The van der Waals surface area contributed by atoms with Crippen molar-refractivity contribution in [2.75, 3.05) is 5.73 Å². The van der Waals surface area contributed by atoms with E-state index in [1.165, 1.54) is 10.7 Å². The molecule has 0 spiro atoms. The van der Waals surface area contributed by atoms with Crippen LogP contribution in [0.25, 0.3) is 5.69 Å². The fourth-order valence-electron chi connectivity index (χ4n) is 1.84. The maximum Gasteiger partial charge on any atom is 0.416 e. The van der Waals surface area contributed by atoms with E-state index in [0.717, 1.165) is 17.7 Å². The van der Waals surface area contributed by atoms with E-state index in [0.29, 0.717) is 11.5 Å². The molecule has 0 saturated heterocycles. The lowest BCUT2D eigenvalue weighted by Crippen LogP contribution is -2.08. The third-order valence-corrected chi connectivity index (χ3v) is 2.88. The fourth-order valence-corrected chi connectivity index (χ4v) is 1.84. The lowest BCUT2D eigenvalue weighted by atomic mass is 10.1. The molecule has 0 atom stereocenters. The van der Waals surface area contributed by atoms with E-state index >= 15 is 0 Å². The molecule has 102 valence electrons. The van der Waals surface area contributed by atoms with Crippen LogP contribution < -0.4 is 5.73 Å². The molecule has 3 nitrogen and oxygen atoms in total. The second-order valence-corrected chi connectivity index (χ2v) is 4.60. The van der Waals surface area contributed by atoms with Gasteiger partial charge in [0.1, 0.15) is 5.82 Å². The monoisotopic (exact) mass is 269 g/mol. The van der Waals surface area contributed by atoms with Gasteiger partial charge in [-0.25, -0.2) is 4.68 Å². The second-order valence-electron chi connectivity index (χ2n) is 4.60. The number of alkyl halides is 3. The number of anilines is 1. The van der Waals surface area contributed by atoms with Crippen LogP contribution in [0.4, 0.5) is 19.0 Å². The first-order valence-electron chi connectivity index (χ1n) is 5.81. The fraction of sp³-hybridized carbons (Fsp3) is 0.308. The van der Waals surface area contributed by atoms with Crippen LogP contribution in [0.15, 0.2) is 30.5 Å². The summed E-state index contributed by atoms with van der Waals surface area (Å²) >= 11 is 0. The normalized spacial score (nSPS) is 12.1. The van der Waals surface area contributed by atoms with Crippen molar-refractivity contribution in [3.8, 4) is 5.69 Å². The summed E-state index contributed by atoms with van der Waals surface area (Å²) in [7, 11) is 0. The van der Waals surface area contributed by atoms with E-state index in [2.05, 4.69) is 5.10 Å². The summed E-state index contributed by atoms with van der Waals surface area (Å²) in [6, 6.07) is 4.94. The van der Waals surface area contributed by atoms with E-state index in [4.69, 9.17) is 5.73 Å². The van der Waals surface area contributed by atoms with Gasteiger partial charge in [0.15, 0.2) is 0 Å². The van der Waals surface area contributed by atoms with Gasteiger partial charge in [0.05, 0.1) is 17.4 Å². The molecule has 0 aliphatic rings. The maximum absolute atomic E-state index is 12.7. The first-order chi connectivity index (χ1) is 8.80. The molecule has 2 aromatic rings. The van der Waals surface area contributed by atoms with Gasteiger partial charge < -0.3 is 5.73 Å². The van der Waals surface area contributed by atoms with Crippen LogP contribution in [0, 0.1) is 0 Å². The average Bonchev–Trinajstić information content (AvgIpc) is 2.70. The van der Waals surface area contributed by atoms with E-state index in [9.17, 15) is 13.2 Å². The van der Waals surface area contributed by atoms with E-state index in [1.807, 2.05) is 13.8 Å². The Morgan fingerprint density at radius 2 is 1.95 bits per heavy atom. The second kappa shape index (κ2) is 4.60.